The van der Waals surface area contributed by atoms with Gasteiger partial charge in [0.15, 0.2) is 0 Å². The minimum Gasteiger partial charge on any atom is -0.497 e. The average molecular weight is 418 g/mol. The summed E-state index contributed by atoms with van der Waals surface area (Å²) in [6.45, 7) is 2.65. The van der Waals surface area contributed by atoms with Crippen LogP contribution < -0.4 is 10.1 Å². The summed E-state index contributed by atoms with van der Waals surface area (Å²) >= 11 is 0. The number of methoxy groups -OCH3 is 2. The molecule has 30 heavy (non-hydrogen) atoms. The van der Waals surface area contributed by atoms with Crippen LogP contribution in [0.5, 0.6) is 5.75 Å². The predicted molar refractivity (Wildman–Crippen MR) is 111 cm³/mol. The molecule has 164 valence electrons. The number of benzene rings is 1. The van der Waals surface area contributed by atoms with Gasteiger partial charge in [-0.25, -0.2) is 0 Å². The Hall–Kier alpha value is -2.61. The van der Waals surface area contributed by atoms with E-state index in [4.69, 9.17) is 9.47 Å². The lowest BCUT2D eigenvalue weighted by Crippen LogP contribution is -2.54. The third-order valence-electron chi connectivity index (χ3n) is 5.93. The number of ether oxygens (including phenoxy) is 2. The van der Waals surface area contributed by atoms with E-state index in [2.05, 4.69) is 5.32 Å². The van der Waals surface area contributed by atoms with Crippen LogP contribution in [-0.4, -0.2) is 80.6 Å². The van der Waals surface area contributed by atoms with Gasteiger partial charge in [-0.2, -0.15) is 0 Å². The summed E-state index contributed by atoms with van der Waals surface area (Å²) in [4.78, 5) is 41.9. The average Bonchev–Trinajstić information content (AvgIpc) is 3.32. The zero-order valence-electron chi connectivity index (χ0n) is 17.8. The molecule has 8 heteroatoms. The van der Waals surface area contributed by atoms with Crippen LogP contribution in [0.25, 0.3) is 0 Å². The van der Waals surface area contributed by atoms with Crippen LogP contribution >= 0.6 is 0 Å². The van der Waals surface area contributed by atoms with Crippen LogP contribution in [0.3, 0.4) is 0 Å². The molecule has 1 aromatic rings. The summed E-state index contributed by atoms with van der Waals surface area (Å²) in [5, 5.41) is 2.99. The van der Waals surface area contributed by atoms with E-state index < -0.39 is 6.04 Å². The number of nitrogens with zero attached hydrogens (tertiary/aromatic N) is 2. The highest BCUT2D eigenvalue weighted by Gasteiger charge is 2.36. The van der Waals surface area contributed by atoms with Crippen molar-refractivity contribution in [3.63, 3.8) is 0 Å². The molecule has 0 bridgehead atoms. The molecule has 0 aliphatic carbocycles. The molecule has 2 aliphatic heterocycles. The molecule has 3 amide bonds. The van der Waals surface area contributed by atoms with Crippen molar-refractivity contribution in [2.24, 2.45) is 5.92 Å². The maximum absolute atomic E-state index is 13.2. The molecule has 2 fully saturated rings. The van der Waals surface area contributed by atoms with Gasteiger partial charge in [0.05, 0.1) is 7.11 Å². The predicted octanol–water partition coefficient (Wildman–Crippen LogP) is 1.30. The van der Waals surface area contributed by atoms with Crippen LogP contribution in [0, 0.1) is 5.92 Å². The first-order valence-electron chi connectivity index (χ1n) is 10.5. The van der Waals surface area contributed by atoms with Crippen molar-refractivity contribution >= 4 is 17.7 Å². The molecule has 1 aromatic carbocycles. The van der Waals surface area contributed by atoms with Gasteiger partial charge in [-0.3, -0.25) is 14.4 Å². The third kappa shape index (κ3) is 5.30. The van der Waals surface area contributed by atoms with Crippen LogP contribution in [-0.2, 0) is 14.3 Å². The molecule has 1 N–H and O–H groups in total. The van der Waals surface area contributed by atoms with Gasteiger partial charge in [0.25, 0.3) is 5.91 Å². The van der Waals surface area contributed by atoms with Gasteiger partial charge in [0.2, 0.25) is 11.8 Å². The van der Waals surface area contributed by atoms with E-state index in [1.807, 2.05) is 4.90 Å². The molecular formula is C22H31N3O5. The summed E-state index contributed by atoms with van der Waals surface area (Å²) in [6, 6.07) is 6.31. The molecule has 3 rings (SSSR count). The number of likely N-dealkylation sites (tertiary alicyclic amines) is 2. The van der Waals surface area contributed by atoms with Gasteiger partial charge in [-0.1, -0.05) is 6.07 Å². The number of nitrogens with one attached hydrogen (secondary N) is 1. The molecule has 2 heterocycles. The van der Waals surface area contributed by atoms with E-state index in [9.17, 15) is 14.4 Å². The molecular weight excluding hydrogens is 386 g/mol. The van der Waals surface area contributed by atoms with Gasteiger partial charge in [-0.05, 0) is 49.8 Å². The van der Waals surface area contributed by atoms with Crippen molar-refractivity contribution in [2.45, 2.75) is 31.7 Å². The van der Waals surface area contributed by atoms with Crippen LogP contribution in [0.2, 0.25) is 0 Å². The van der Waals surface area contributed by atoms with Gasteiger partial charge >= 0.3 is 0 Å². The molecule has 0 radical (unpaired) electrons. The molecule has 0 spiro atoms. The van der Waals surface area contributed by atoms with Crippen molar-refractivity contribution < 1.29 is 23.9 Å². The number of piperidine rings is 1. The third-order valence-corrected chi connectivity index (χ3v) is 5.93. The van der Waals surface area contributed by atoms with E-state index in [0.717, 1.165) is 25.9 Å². The lowest BCUT2D eigenvalue weighted by atomic mass is 9.88. The fourth-order valence-corrected chi connectivity index (χ4v) is 4.20. The highest BCUT2D eigenvalue weighted by Crippen LogP contribution is 2.24. The number of carbonyl (C=O) groups is 3. The number of amides is 3. The van der Waals surface area contributed by atoms with Crippen molar-refractivity contribution in [2.75, 3.05) is 47.0 Å². The first kappa shape index (κ1) is 22.1. The van der Waals surface area contributed by atoms with Crippen LogP contribution in [0.1, 0.15) is 36.0 Å². The molecule has 2 saturated heterocycles. The van der Waals surface area contributed by atoms with E-state index >= 15 is 0 Å². The van der Waals surface area contributed by atoms with Gasteiger partial charge < -0.3 is 24.6 Å². The molecule has 2 aliphatic rings. The Morgan fingerprint density at radius 3 is 2.40 bits per heavy atom. The summed E-state index contributed by atoms with van der Waals surface area (Å²) in [6.07, 6.45) is 3.31. The Kier molecular flexibility index (Phi) is 7.68. The Balaban J connectivity index is 1.71. The van der Waals surface area contributed by atoms with Gasteiger partial charge in [0, 0.05) is 38.9 Å². The quantitative estimate of drug-likeness (QED) is 0.723. The van der Waals surface area contributed by atoms with Crippen molar-refractivity contribution in [3.05, 3.63) is 29.8 Å². The van der Waals surface area contributed by atoms with Crippen molar-refractivity contribution in [1.82, 2.24) is 15.1 Å². The molecule has 0 saturated carbocycles. The van der Waals surface area contributed by atoms with Crippen LogP contribution in [0.4, 0.5) is 0 Å². The smallest absolute Gasteiger partial charge is 0.252 e. The Labute approximate surface area is 177 Å². The van der Waals surface area contributed by atoms with E-state index in [1.165, 1.54) is 7.11 Å². The zero-order valence-corrected chi connectivity index (χ0v) is 17.8. The van der Waals surface area contributed by atoms with E-state index in [1.54, 1.807) is 36.3 Å². The van der Waals surface area contributed by atoms with Gasteiger partial charge in [-0.15, -0.1) is 0 Å². The standard InChI is InChI=1S/C22H31N3O5/c1-29-15-19(26)24-12-8-16(9-13-24)20(22(28)25-10-3-4-11-25)23-21(27)17-6-5-7-18(14-17)30-2/h5-7,14,16,20H,3-4,8-13,15H2,1-2H3,(H,23,27). The highest BCUT2D eigenvalue weighted by molar-refractivity contribution is 5.98. The van der Waals surface area contributed by atoms with Crippen molar-refractivity contribution in [3.8, 4) is 5.75 Å². The lowest BCUT2D eigenvalue weighted by Gasteiger charge is -2.37. The zero-order chi connectivity index (χ0) is 21.5. The Morgan fingerprint density at radius 1 is 1.07 bits per heavy atom. The number of rotatable bonds is 7. The van der Waals surface area contributed by atoms with E-state index in [-0.39, 0.29) is 30.2 Å². The minimum atomic E-state index is -0.596. The molecule has 1 unspecified atom stereocenters. The topological polar surface area (TPSA) is 88.2 Å². The second kappa shape index (κ2) is 10.4. The summed E-state index contributed by atoms with van der Waals surface area (Å²) in [7, 11) is 3.05. The number of hydrogen-bond acceptors (Lipinski definition) is 5. The Bertz CT molecular complexity index is 755. The SMILES string of the molecule is COCC(=O)N1CCC(C(NC(=O)c2cccc(OC)c2)C(=O)N2CCCC2)CC1. The largest absolute Gasteiger partial charge is 0.497 e. The maximum Gasteiger partial charge on any atom is 0.252 e. The second-order valence-electron chi connectivity index (χ2n) is 7.87. The molecule has 0 aromatic heterocycles. The van der Waals surface area contributed by atoms with E-state index in [0.29, 0.717) is 37.2 Å². The fraction of sp³-hybridized carbons (Fsp3) is 0.591. The maximum atomic E-state index is 13.2. The van der Waals surface area contributed by atoms with Gasteiger partial charge in [0.1, 0.15) is 18.4 Å². The molecule has 8 nitrogen and oxygen atoms in total. The molecule has 1 atom stereocenters. The number of hydrogen-bond donors (Lipinski definition) is 1. The first-order valence-corrected chi connectivity index (χ1v) is 10.5. The van der Waals surface area contributed by atoms with Crippen molar-refractivity contribution in [1.29, 1.82) is 0 Å². The van der Waals surface area contributed by atoms with Crippen LogP contribution in [0.15, 0.2) is 24.3 Å². The Morgan fingerprint density at radius 2 is 1.77 bits per heavy atom. The lowest BCUT2D eigenvalue weighted by molar-refractivity contribution is -0.137. The first-order chi connectivity index (χ1) is 14.5. The summed E-state index contributed by atoms with van der Waals surface area (Å²) in [5.41, 5.74) is 0.460. The highest BCUT2D eigenvalue weighted by atomic mass is 16.5. The normalized spacial score (nSPS) is 18.2. The summed E-state index contributed by atoms with van der Waals surface area (Å²) in [5.74, 6) is 0.225. The second-order valence-corrected chi connectivity index (χ2v) is 7.87. The minimum absolute atomic E-state index is 0.0146. The monoisotopic (exact) mass is 417 g/mol. The summed E-state index contributed by atoms with van der Waals surface area (Å²) < 4.78 is 10.1. The fourth-order valence-electron chi connectivity index (χ4n) is 4.20. The number of carbonyl (C=O) groups excluding carboxylic acids is 3.